The zero-order valence-electron chi connectivity index (χ0n) is 10.3. The second kappa shape index (κ2) is 6.95. The molecule has 2 N–H and O–H groups in total. The van der Waals surface area contributed by atoms with Crippen LogP contribution in [0.2, 0.25) is 0 Å². The number of likely N-dealkylation sites (tertiary alicyclic amines) is 1. The van der Waals surface area contributed by atoms with Crippen LogP contribution >= 0.6 is 0 Å². The van der Waals surface area contributed by atoms with Crippen molar-refractivity contribution in [1.82, 2.24) is 10.2 Å². The first-order chi connectivity index (χ1) is 8.52. The molecule has 1 rings (SSSR count). The number of rotatable bonds is 4. The van der Waals surface area contributed by atoms with Crippen molar-refractivity contribution in [1.29, 1.82) is 0 Å². The summed E-state index contributed by atoms with van der Waals surface area (Å²) >= 11 is 0. The summed E-state index contributed by atoms with van der Waals surface area (Å²) in [5, 5.41) is 10.6. The van der Waals surface area contributed by atoms with Crippen molar-refractivity contribution in [2.45, 2.75) is 31.8 Å². The van der Waals surface area contributed by atoms with Gasteiger partial charge in [0.2, 0.25) is 5.91 Å². The topological polar surface area (TPSA) is 95.9 Å². The van der Waals surface area contributed by atoms with Crippen LogP contribution in [0, 0.1) is 0 Å². The highest BCUT2D eigenvalue weighted by atomic mass is 16.5. The zero-order chi connectivity index (χ0) is 13.5. The molecule has 0 radical (unpaired) electrons. The molecule has 1 unspecified atom stereocenters. The number of hydrogen-bond acceptors (Lipinski definition) is 4. The van der Waals surface area contributed by atoms with Crippen LogP contribution in [0.5, 0.6) is 0 Å². The van der Waals surface area contributed by atoms with Gasteiger partial charge in [-0.1, -0.05) is 0 Å². The van der Waals surface area contributed by atoms with Crippen LogP contribution in [0.1, 0.15) is 25.7 Å². The molecule has 1 atom stereocenters. The van der Waals surface area contributed by atoms with Crippen LogP contribution in [-0.2, 0) is 14.3 Å². The molecule has 0 aliphatic carbocycles. The predicted molar refractivity (Wildman–Crippen MR) is 62.0 cm³/mol. The van der Waals surface area contributed by atoms with E-state index in [2.05, 4.69) is 5.32 Å². The van der Waals surface area contributed by atoms with Gasteiger partial charge in [-0.2, -0.15) is 0 Å². The van der Waals surface area contributed by atoms with Gasteiger partial charge in [0.1, 0.15) is 0 Å². The summed E-state index contributed by atoms with van der Waals surface area (Å²) in [5.74, 6) is -1.63. The lowest BCUT2D eigenvalue weighted by molar-refractivity contribution is -0.138. The molecule has 1 fully saturated rings. The molecule has 1 saturated heterocycles. The van der Waals surface area contributed by atoms with Crippen molar-refractivity contribution in [3.8, 4) is 0 Å². The molecule has 0 aromatic heterocycles. The highest BCUT2D eigenvalue weighted by Crippen LogP contribution is 2.12. The number of carboxylic acid groups (broad SMARTS) is 1. The summed E-state index contributed by atoms with van der Waals surface area (Å²) in [5.41, 5.74) is 0. The van der Waals surface area contributed by atoms with Gasteiger partial charge >= 0.3 is 12.0 Å². The molecule has 0 aromatic rings. The van der Waals surface area contributed by atoms with Gasteiger partial charge in [0.15, 0.2) is 0 Å². The van der Waals surface area contributed by atoms with E-state index in [0.717, 1.165) is 12.8 Å². The van der Waals surface area contributed by atoms with Gasteiger partial charge in [-0.25, -0.2) is 4.79 Å². The van der Waals surface area contributed by atoms with E-state index < -0.39 is 17.9 Å². The van der Waals surface area contributed by atoms with Crippen molar-refractivity contribution in [3.63, 3.8) is 0 Å². The molecule has 3 amide bonds. The normalized spacial score (nSPS) is 19.4. The minimum Gasteiger partial charge on any atom is -0.481 e. The maximum absolute atomic E-state index is 11.7. The van der Waals surface area contributed by atoms with E-state index in [-0.39, 0.29) is 18.9 Å². The summed E-state index contributed by atoms with van der Waals surface area (Å²) in [6.45, 7) is 1.03. The Bertz CT molecular complexity index is 331. The lowest BCUT2D eigenvalue weighted by Gasteiger charge is -2.31. The number of carboxylic acids is 1. The maximum Gasteiger partial charge on any atom is 0.324 e. The first-order valence-electron chi connectivity index (χ1n) is 5.86. The van der Waals surface area contributed by atoms with Crippen LogP contribution in [0.15, 0.2) is 0 Å². The lowest BCUT2D eigenvalue weighted by atomic mass is 10.1. The van der Waals surface area contributed by atoms with Gasteiger partial charge in [-0.3, -0.25) is 14.9 Å². The smallest absolute Gasteiger partial charge is 0.324 e. The van der Waals surface area contributed by atoms with Gasteiger partial charge in [-0.05, 0) is 12.8 Å². The highest BCUT2D eigenvalue weighted by Gasteiger charge is 2.24. The van der Waals surface area contributed by atoms with Crippen molar-refractivity contribution < 1.29 is 24.2 Å². The van der Waals surface area contributed by atoms with E-state index in [1.54, 1.807) is 7.11 Å². The number of piperidine rings is 1. The maximum atomic E-state index is 11.7. The Kier molecular flexibility index (Phi) is 5.57. The van der Waals surface area contributed by atoms with Crippen molar-refractivity contribution in [3.05, 3.63) is 0 Å². The van der Waals surface area contributed by atoms with Gasteiger partial charge in [0.25, 0.3) is 0 Å². The average Bonchev–Trinajstić information content (AvgIpc) is 2.36. The number of aliphatic carboxylic acids is 1. The number of methoxy groups -OCH3 is 1. The van der Waals surface area contributed by atoms with Gasteiger partial charge in [-0.15, -0.1) is 0 Å². The van der Waals surface area contributed by atoms with Crippen molar-refractivity contribution in [2.75, 3.05) is 20.2 Å². The molecule has 0 saturated carbocycles. The summed E-state index contributed by atoms with van der Waals surface area (Å²) in [6, 6.07) is -0.480. The van der Waals surface area contributed by atoms with E-state index in [1.807, 2.05) is 0 Å². The van der Waals surface area contributed by atoms with E-state index >= 15 is 0 Å². The Morgan fingerprint density at radius 2 is 2.11 bits per heavy atom. The summed E-state index contributed by atoms with van der Waals surface area (Å²) in [4.78, 5) is 34.8. The largest absolute Gasteiger partial charge is 0.481 e. The number of hydrogen-bond donors (Lipinski definition) is 2. The number of amides is 3. The number of nitrogens with zero attached hydrogens (tertiary/aromatic N) is 1. The summed E-state index contributed by atoms with van der Waals surface area (Å²) in [7, 11) is 1.59. The first-order valence-corrected chi connectivity index (χ1v) is 5.86. The highest BCUT2D eigenvalue weighted by molar-refractivity contribution is 5.95. The predicted octanol–water partition coefficient (Wildman–Crippen LogP) is 0.198. The minimum atomic E-state index is -1.06. The monoisotopic (exact) mass is 258 g/mol. The third-order valence-electron chi connectivity index (χ3n) is 2.81. The van der Waals surface area contributed by atoms with Crippen molar-refractivity contribution >= 4 is 17.9 Å². The molecule has 0 aromatic carbocycles. The van der Waals surface area contributed by atoms with Gasteiger partial charge < -0.3 is 14.7 Å². The van der Waals surface area contributed by atoms with Crippen LogP contribution in [-0.4, -0.2) is 54.2 Å². The fourth-order valence-corrected chi connectivity index (χ4v) is 1.80. The van der Waals surface area contributed by atoms with Gasteiger partial charge in [0, 0.05) is 26.6 Å². The third kappa shape index (κ3) is 4.70. The molecular weight excluding hydrogens is 240 g/mol. The molecule has 102 valence electrons. The van der Waals surface area contributed by atoms with Crippen LogP contribution in [0.25, 0.3) is 0 Å². The second-order valence-corrected chi connectivity index (χ2v) is 4.19. The Hall–Kier alpha value is -1.63. The number of imide groups is 1. The zero-order valence-corrected chi connectivity index (χ0v) is 10.3. The van der Waals surface area contributed by atoms with E-state index in [4.69, 9.17) is 9.84 Å². The van der Waals surface area contributed by atoms with E-state index in [9.17, 15) is 14.4 Å². The number of nitrogens with one attached hydrogen (secondary N) is 1. The molecule has 1 aliphatic heterocycles. The standard InChI is InChI=1S/C11H18N2O5/c1-18-8-3-2-6-13(7-8)11(17)12-9(14)4-5-10(15)16/h8H,2-7H2,1H3,(H,15,16)(H,12,14,17). The Morgan fingerprint density at radius 3 is 2.72 bits per heavy atom. The quantitative estimate of drug-likeness (QED) is 0.750. The molecular formula is C11H18N2O5. The number of carbonyl (C=O) groups is 3. The van der Waals surface area contributed by atoms with Crippen LogP contribution in [0.3, 0.4) is 0 Å². The van der Waals surface area contributed by atoms with Crippen molar-refractivity contribution in [2.24, 2.45) is 0 Å². The second-order valence-electron chi connectivity index (χ2n) is 4.19. The fraction of sp³-hybridized carbons (Fsp3) is 0.727. The minimum absolute atomic E-state index is 0.00128. The van der Waals surface area contributed by atoms with Crippen LogP contribution in [0.4, 0.5) is 4.79 Å². The first kappa shape index (κ1) is 14.4. The lowest BCUT2D eigenvalue weighted by Crippen LogP contribution is -2.49. The average molecular weight is 258 g/mol. The molecule has 0 spiro atoms. The van der Waals surface area contributed by atoms with E-state index in [0.29, 0.717) is 13.1 Å². The fourth-order valence-electron chi connectivity index (χ4n) is 1.80. The Labute approximate surface area is 105 Å². The molecule has 7 heteroatoms. The summed E-state index contributed by atoms with van der Waals surface area (Å²) in [6.07, 6.45) is 1.25. The van der Waals surface area contributed by atoms with E-state index in [1.165, 1.54) is 4.90 Å². The summed E-state index contributed by atoms with van der Waals surface area (Å²) < 4.78 is 5.17. The SMILES string of the molecule is COC1CCCN(C(=O)NC(=O)CCC(=O)O)C1. The Morgan fingerprint density at radius 1 is 1.39 bits per heavy atom. The molecule has 1 heterocycles. The van der Waals surface area contributed by atoms with Gasteiger partial charge in [0.05, 0.1) is 12.5 Å². The number of carbonyl (C=O) groups excluding carboxylic acids is 2. The third-order valence-corrected chi connectivity index (χ3v) is 2.81. The Balaban J connectivity index is 2.35. The molecule has 7 nitrogen and oxygen atoms in total. The number of ether oxygens (including phenoxy) is 1. The van der Waals surface area contributed by atoms with Crippen LogP contribution < -0.4 is 5.32 Å². The number of urea groups is 1. The molecule has 1 aliphatic rings. The molecule has 18 heavy (non-hydrogen) atoms. The molecule has 0 bridgehead atoms.